The fourth-order valence-electron chi connectivity index (χ4n) is 1.81. The number of hydrogen-bond donors (Lipinski definition) is 2. The van der Waals surface area contributed by atoms with Crippen LogP contribution in [0.15, 0.2) is 30.6 Å². The van der Waals surface area contributed by atoms with Gasteiger partial charge < -0.3 is 5.32 Å². The lowest BCUT2D eigenvalue weighted by molar-refractivity contribution is -0.347. The molecule has 0 saturated carbocycles. The van der Waals surface area contributed by atoms with Gasteiger partial charge in [-0.25, -0.2) is 4.98 Å². The van der Waals surface area contributed by atoms with Gasteiger partial charge in [-0.05, 0) is 22.7 Å². The van der Waals surface area contributed by atoms with Crippen molar-refractivity contribution in [2.24, 2.45) is 0 Å². The van der Waals surface area contributed by atoms with Gasteiger partial charge in [-0.3, -0.25) is 4.98 Å². The fourth-order valence-corrected chi connectivity index (χ4v) is 2.02. The molecule has 7 heteroatoms. The van der Waals surface area contributed by atoms with Crippen LogP contribution in [0.3, 0.4) is 0 Å². The van der Waals surface area contributed by atoms with E-state index < -0.39 is 6.08 Å². The zero-order chi connectivity index (χ0) is 13.2. The maximum absolute atomic E-state index is 13.2. The lowest BCUT2D eigenvalue weighted by Gasteiger charge is -2.04. The third-order valence-electron chi connectivity index (χ3n) is 2.66. The quantitative estimate of drug-likeness (QED) is 0.722. The standard InChI is InChI=1S/C12H9ClFN5/c13-8-3-1-2-7(4-8)5-15-10-9-11(17-6-16-9)19-12(14)18-10/h1-4,6H,5H2,(H2,15,16,17,18,19)/p+1. The minimum absolute atomic E-state index is 0.406. The second kappa shape index (κ2) is 4.81. The number of aromatic nitrogens is 4. The normalized spacial score (nSPS) is 10.8. The Kier molecular flexibility index (Phi) is 3.00. The van der Waals surface area contributed by atoms with E-state index in [1.54, 1.807) is 12.4 Å². The molecule has 3 N–H and O–H groups in total. The van der Waals surface area contributed by atoms with Crippen LogP contribution in [0.2, 0.25) is 5.02 Å². The number of fused-ring (bicyclic) bond motifs is 1. The summed E-state index contributed by atoms with van der Waals surface area (Å²) in [7, 11) is 0. The smallest absolute Gasteiger partial charge is 0.363 e. The second-order valence-corrected chi connectivity index (χ2v) is 4.42. The lowest BCUT2D eigenvalue weighted by atomic mass is 10.2. The number of nitrogens with zero attached hydrogens (tertiary/aromatic N) is 2. The zero-order valence-electron chi connectivity index (χ0n) is 9.74. The van der Waals surface area contributed by atoms with Gasteiger partial charge in [0, 0.05) is 11.6 Å². The third-order valence-corrected chi connectivity index (χ3v) is 2.89. The molecule has 96 valence electrons. The van der Waals surface area contributed by atoms with E-state index in [2.05, 4.69) is 25.3 Å². The summed E-state index contributed by atoms with van der Waals surface area (Å²) in [6, 6.07) is 7.42. The molecule has 5 nitrogen and oxygen atoms in total. The zero-order valence-corrected chi connectivity index (χ0v) is 10.5. The van der Waals surface area contributed by atoms with Gasteiger partial charge in [0.15, 0.2) is 12.1 Å². The summed E-state index contributed by atoms with van der Waals surface area (Å²) in [6.45, 7) is 0.491. The number of rotatable bonds is 3. The molecule has 0 radical (unpaired) electrons. The van der Waals surface area contributed by atoms with Crippen LogP contribution in [0.4, 0.5) is 10.2 Å². The van der Waals surface area contributed by atoms with Gasteiger partial charge in [0.25, 0.3) is 0 Å². The van der Waals surface area contributed by atoms with Gasteiger partial charge in [0.2, 0.25) is 5.52 Å². The monoisotopic (exact) mass is 278 g/mol. The van der Waals surface area contributed by atoms with Crippen LogP contribution in [-0.4, -0.2) is 15.0 Å². The molecule has 0 fully saturated rings. The van der Waals surface area contributed by atoms with E-state index >= 15 is 0 Å². The first-order valence-electron chi connectivity index (χ1n) is 5.63. The molecule has 0 aliphatic rings. The molecule has 0 bridgehead atoms. The summed E-state index contributed by atoms with van der Waals surface area (Å²) < 4.78 is 13.2. The molecule has 1 aromatic carbocycles. The molecule has 0 unspecified atom stereocenters. The van der Waals surface area contributed by atoms with Crippen LogP contribution < -0.4 is 10.3 Å². The number of aromatic amines is 2. The van der Waals surface area contributed by atoms with Gasteiger partial charge in [-0.15, -0.1) is 4.39 Å². The van der Waals surface area contributed by atoms with Gasteiger partial charge >= 0.3 is 11.7 Å². The van der Waals surface area contributed by atoms with Crippen molar-refractivity contribution in [2.75, 3.05) is 5.32 Å². The minimum Gasteiger partial charge on any atom is -0.363 e. The third kappa shape index (κ3) is 2.48. The highest BCUT2D eigenvalue weighted by atomic mass is 35.5. The average molecular weight is 279 g/mol. The molecule has 0 saturated heterocycles. The largest absolute Gasteiger partial charge is 0.386 e. The average Bonchev–Trinajstić information content (AvgIpc) is 2.84. The molecule has 2 aromatic heterocycles. The number of anilines is 1. The Morgan fingerprint density at radius 3 is 3.11 bits per heavy atom. The van der Waals surface area contributed by atoms with E-state index in [4.69, 9.17) is 11.6 Å². The van der Waals surface area contributed by atoms with E-state index in [1.807, 2.05) is 18.2 Å². The SMILES string of the molecule is Fc1nc(NCc2cccc(Cl)c2)c2[nH]c[nH+]c2n1. The Hall–Kier alpha value is -2.21. The van der Waals surface area contributed by atoms with Crippen molar-refractivity contribution in [3.63, 3.8) is 0 Å². The van der Waals surface area contributed by atoms with E-state index in [0.717, 1.165) is 5.56 Å². The van der Waals surface area contributed by atoms with Crippen molar-refractivity contribution < 1.29 is 9.37 Å². The summed E-state index contributed by atoms with van der Waals surface area (Å²) in [6.07, 6.45) is 0.792. The van der Waals surface area contributed by atoms with Crippen LogP contribution in [0, 0.1) is 6.08 Å². The minimum atomic E-state index is -0.781. The first kappa shape index (κ1) is 11.9. The Balaban J connectivity index is 1.87. The van der Waals surface area contributed by atoms with Crippen LogP contribution >= 0.6 is 11.6 Å². The summed E-state index contributed by atoms with van der Waals surface area (Å²) in [5.41, 5.74) is 2.03. The maximum atomic E-state index is 13.2. The molecule has 0 amide bonds. The van der Waals surface area contributed by atoms with Crippen LogP contribution in [0.25, 0.3) is 11.2 Å². The summed E-state index contributed by atoms with van der Waals surface area (Å²) in [5, 5.41) is 3.72. The number of benzene rings is 1. The molecule has 0 aliphatic carbocycles. The highest BCUT2D eigenvalue weighted by molar-refractivity contribution is 6.30. The van der Waals surface area contributed by atoms with E-state index in [9.17, 15) is 4.39 Å². The highest BCUT2D eigenvalue weighted by Crippen LogP contribution is 2.16. The fraction of sp³-hybridized carbons (Fsp3) is 0.0833. The lowest BCUT2D eigenvalue weighted by Crippen LogP contribution is -2.06. The number of H-pyrrole nitrogens is 2. The van der Waals surface area contributed by atoms with E-state index in [1.165, 1.54) is 0 Å². The molecule has 19 heavy (non-hydrogen) atoms. The van der Waals surface area contributed by atoms with Crippen molar-refractivity contribution in [1.29, 1.82) is 0 Å². The Morgan fingerprint density at radius 1 is 1.37 bits per heavy atom. The Labute approximate surface area is 112 Å². The molecule has 3 rings (SSSR count). The van der Waals surface area contributed by atoms with E-state index in [0.29, 0.717) is 28.5 Å². The first-order chi connectivity index (χ1) is 9.22. The molecular formula is C12H10ClFN5+. The van der Waals surface area contributed by atoms with Gasteiger partial charge in [-0.1, -0.05) is 23.7 Å². The first-order valence-corrected chi connectivity index (χ1v) is 6.01. The molecule has 0 aliphatic heterocycles. The predicted molar refractivity (Wildman–Crippen MR) is 69.2 cm³/mol. The van der Waals surface area contributed by atoms with Crippen LogP contribution in [0.5, 0.6) is 0 Å². The predicted octanol–water partition coefficient (Wildman–Crippen LogP) is 2.18. The van der Waals surface area contributed by atoms with Crippen LogP contribution in [-0.2, 0) is 6.54 Å². The van der Waals surface area contributed by atoms with Crippen molar-refractivity contribution in [2.45, 2.75) is 6.54 Å². The Morgan fingerprint density at radius 2 is 2.26 bits per heavy atom. The number of hydrogen-bond acceptors (Lipinski definition) is 3. The van der Waals surface area contributed by atoms with Crippen molar-refractivity contribution >= 4 is 28.6 Å². The summed E-state index contributed by atoms with van der Waals surface area (Å²) in [5.74, 6) is 0.406. The van der Waals surface area contributed by atoms with Gasteiger partial charge in [0.1, 0.15) is 0 Å². The highest BCUT2D eigenvalue weighted by Gasteiger charge is 2.15. The number of nitrogens with one attached hydrogen (secondary N) is 3. The Bertz CT molecular complexity index is 727. The van der Waals surface area contributed by atoms with Crippen molar-refractivity contribution in [3.05, 3.63) is 47.3 Å². The molecule has 3 aromatic rings. The second-order valence-electron chi connectivity index (χ2n) is 3.98. The topological polar surface area (TPSA) is 67.7 Å². The molecule has 0 atom stereocenters. The van der Waals surface area contributed by atoms with Crippen molar-refractivity contribution in [1.82, 2.24) is 15.0 Å². The molecule has 2 heterocycles. The molecule has 0 spiro atoms. The number of halogens is 2. The van der Waals surface area contributed by atoms with E-state index in [-0.39, 0.29) is 0 Å². The maximum Gasteiger partial charge on any atom is 0.386 e. The van der Waals surface area contributed by atoms with Gasteiger partial charge in [0.05, 0.1) is 0 Å². The summed E-state index contributed by atoms with van der Waals surface area (Å²) >= 11 is 5.90. The molecular weight excluding hydrogens is 269 g/mol. The van der Waals surface area contributed by atoms with Crippen molar-refractivity contribution in [3.8, 4) is 0 Å². The summed E-state index contributed by atoms with van der Waals surface area (Å²) in [4.78, 5) is 13.1. The number of imidazole rings is 1. The van der Waals surface area contributed by atoms with Crippen LogP contribution in [0.1, 0.15) is 5.56 Å². The van der Waals surface area contributed by atoms with Gasteiger partial charge in [-0.2, -0.15) is 4.98 Å².